The number of aromatic nitrogens is 4. The van der Waals surface area contributed by atoms with Crippen LogP contribution >= 0.6 is 11.7 Å². The van der Waals surface area contributed by atoms with Crippen molar-refractivity contribution < 1.29 is 13.2 Å². The third-order valence-electron chi connectivity index (χ3n) is 4.33. The van der Waals surface area contributed by atoms with Crippen molar-refractivity contribution in [3.05, 3.63) is 29.6 Å². The summed E-state index contributed by atoms with van der Waals surface area (Å²) in [7, 11) is -3.85. The maximum atomic E-state index is 12.9. The normalized spacial score (nSPS) is 15.3. The highest BCUT2D eigenvalue weighted by Crippen LogP contribution is 2.27. The summed E-state index contributed by atoms with van der Waals surface area (Å²) in [5.74, 6) is 0.585. The molecule has 11 heteroatoms. The molecule has 27 heavy (non-hydrogen) atoms. The first-order valence-corrected chi connectivity index (χ1v) is 10.6. The second kappa shape index (κ2) is 6.98. The van der Waals surface area contributed by atoms with Gasteiger partial charge >= 0.3 is 0 Å². The van der Waals surface area contributed by atoms with E-state index in [0.717, 1.165) is 11.7 Å². The first-order valence-electron chi connectivity index (χ1n) is 8.38. The van der Waals surface area contributed by atoms with Crippen molar-refractivity contribution in [3.8, 4) is 0 Å². The fraction of sp³-hybridized carbons (Fsp3) is 0.375. The van der Waals surface area contributed by atoms with Crippen molar-refractivity contribution in [1.82, 2.24) is 18.7 Å². The zero-order valence-electron chi connectivity index (χ0n) is 14.8. The molecule has 4 rings (SSSR count). The van der Waals surface area contributed by atoms with Crippen LogP contribution in [-0.4, -0.2) is 53.4 Å². The van der Waals surface area contributed by atoms with Gasteiger partial charge in [0.2, 0.25) is 5.95 Å². The lowest BCUT2D eigenvalue weighted by atomic mass is 10.3. The number of benzene rings is 1. The minimum atomic E-state index is -3.85. The summed E-state index contributed by atoms with van der Waals surface area (Å²) in [6.07, 6.45) is 0. The number of hydrogen-bond donors (Lipinski definition) is 1. The quantitative estimate of drug-likeness (QED) is 0.698. The molecule has 9 nitrogen and oxygen atoms in total. The molecule has 0 spiro atoms. The monoisotopic (exact) mass is 406 g/mol. The second-order valence-corrected chi connectivity index (χ2v) is 8.34. The molecule has 0 atom stereocenters. The smallest absolute Gasteiger partial charge is 0.264 e. The van der Waals surface area contributed by atoms with E-state index in [1.54, 1.807) is 26.0 Å². The SMILES string of the molecule is Cc1nc(N2CCOCC2)nc(C)c1NS(=O)(=O)c1cccc2nsnc12. The van der Waals surface area contributed by atoms with E-state index in [0.29, 0.717) is 60.4 Å². The van der Waals surface area contributed by atoms with Crippen molar-refractivity contribution in [3.63, 3.8) is 0 Å². The summed E-state index contributed by atoms with van der Waals surface area (Å²) in [6.45, 7) is 6.21. The van der Waals surface area contributed by atoms with Gasteiger partial charge in [-0.05, 0) is 26.0 Å². The van der Waals surface area contributed by atoms with Gasteiger partial charge in [-0.1, -0.05) is 6.07 Å². The van der Waals surface area contributed by atoms with Gasteiger partial charge in [0.15, 0.2) is 0 Å². The zero-order valence-corrected chi connectivity index (χ0v) is 16.5. The molecule has 2 aromatic heterocycles. The number of rotatable bonds is 4. The predicted molar refractivity (Wildman–Crippen MR) is 103 cm³/mol. The van der Waals surface area contributed by atoms with Gasteiger partial charge in [0.1, 0.15) is 15.9 Å². The first-order chi connectivity index (χ1) is 13.0. The molecule has 0 radical (unpaired) electrons. The molecule has 0 aliphatic carbocycles. The van der Waals surface area contributed by atoms with Crippen LogP contribution in [0.3, 0.4) is 0 Å². The zero-order chi connectivity index (χ0) is 19.0. The fourth-order valence-electron chi connectivity index (χ4n) is 2.94. The Hall–Kier alpha value is -2.37. The third kappa shape index (κ3) is 3.45. The van der Waals surface area contributed by atoms with E-state index in [1.165, 1.54) is 6.07 Å². The number of aryl methyl sites for hydroxylation is 2. The van der Waals surface area contributed by atoms with Gasteiger partial charge in [-0.3, -0.25) is 4.72 Å². The summed E-state index contributed by atoms with van der Waals surface area (Å²) in [4.78, 5) is 11.1. The van der Waals surface area contributed by atoms with E-state index >= 15 is 0 Å². The molecule has 3 aromatic rings. The number of anilines is 2. The summed E-state index contributed by atoms with van der Waals surface area (Å²) in [6, 6.07) is 4.89. The van der Waals surface area contributed by atoms with Gasteiger partial charge in [0.05, 0.1) is 42.0 Å². The molecule has 1 aliphatic rings. The minimum Gasteiger partial charge on any atom is -0.378 e. The molecule has 1 aromatic carbocycles. The van der Waals surface area contributed by atoms with Crippen molar-refractivity contribution >= 4 is 44.4 Å². The van der Waals surface area contributed by atoms with Crippen LogP contribution in [0.15, 0.2) is 23.1 Å². The Morgan fingerprint density at radius 1 is 1.11 bits per heavy atom. The van der Waals surface area contributed by atoms with Gasteiger partial charge < -0.3 is 9.64 Å². The maximum absolute atomic E-state index is 12.9. The summed E-state index contributed by atoms with van der Waals surface area (Å²) in [5, 5.41) is 0. The van der Waals surface area contributed by atoms with Crippen LogP contribution in [0, 0.1) is 13.8 Å². The Labute approximate surface area is 160 Å². The van der Waals surface area contributed by atoms with Crippen LogP contribution in [0.25, 0.3) is 11.0 Å². The number of hydrogen-bond acceptors (Lipinski definition) is 9. The largest absolute Gasteiger partial charge is 0.378 e. The molecular formula is C16H18N6O3S2. The number of fused-ring (bicyclic) bond motifs is 1. The molecule has 1 aliphatic heterocycles. The molecule has 1 saturated heterocycles. The van der Waals surface area contributed by atoms with E-state index in [1.807, 2.05) is 4.90 Å². The molecule has 142 valence electrons. The van der Waals surface area contributed by atoms with Crippen molar-refractivity contribution in [1.29, 1.82) is 0 Å². The van der Waals surface area contributed by atoms with E-state index in [-0.39, 0.29) is 4.90 Å². The number of ether oxygens (including phenoxy) is 1. The topological polar surface area (TPSA) is 110 Å². The highest BCUT2D eigenvalue weighted by molar-refractivity contribution is 7.93. The average molecular weight is 406 g/mol. The van der Waals surface area contributed by atoms with E-state index in [2.05, 4.69) is 23.4 Å². The number of morpholine rings is 1. The lowest BCUT2D eigenvalue weighted by Gasteiger charge is -2.27. The predicted octanol–water partition coefficient (Wildman–Crippen LogP) is 1.74. The Balaban J connectivity index is 1.68. The molecule has 0 bridgehead atoms. The molecule has 0 amide bonds. The van der Waals surface area contributed by atoms with Gasteiger partial charge in [-0.25, -0.2) is 18.4 Å². The van der Waals surface area contributed by atoms with Crippen LogP contribution in [0.5, 0.6) is 0 Å². The maximum Gasteiger partial charge on any atom is 0.264 e. The van der Waals surface area contributed by atoms with Crippen LogP contribution < -0.4 is 9.62 Å². The molecule has 1 fully saturated rings. The van der Waals surface area contributed by atoms with Gasteiger partial charge in [-0.15, -0.1) is 0 Å². The third-order valence-corrected chi connectivity index (χ3v) is 6.25. The minimum absolute atomic E-state index is 0.0878. The molecular weight excluding hydrogens is 388 g/mol. The highest BCUT2D eigenvalue weighted by atomic mass is 32.2. The summed E-state index contributed by atoms with van der Waals surface area (Å²) in [5.41, 5.74) is 2.42. The van der Waals surface area contributed by atoms with Crippen LogP contribution in [0.4, 0.5) is 11.6 Å². The molecule has 3 heterocycles. The Bertz CT molecular complexity index is 1070. The van der Waals surface area contributed by atoms with Crippen LogP contribution in [0.2, 0.25) is 0 Å². The number of nitrogens with zero attached hydrogens (tertiary/aromatic N) is 5. The van der Waals surface area contributed by atoms with E-state index in [4.69, 9.17) is 4.74 Å². The van der Waals surface area contributed by atoms with E-state index < -0.39 is 10.0 Å². The van der Waals surface area contributed by atoms with Gasteiger partial charge in [0.25, 0.3) is 10.0 Å². The summed E-state index contributed by atoms with van der Waals surface area (Å²) < 4.78 is 42.1. The standard InChI is InChI=1S/C16H18N6O3S2/c1-10-14(11(2)18-16(17-10)22-6-8-25-9-7-22)21-27(23,24)13-5-3-4-12-15(13)20-26-19-12/h3-5,21H,6-9H2,1-2H3. The second-order valence-electron chi connectivity index (χ2n) is 6.16. The van der Waals surface area contributed by atoms with E-state index in [9.17, 15) is 8.42 Å². The Kier molecular flexibility index (Phi) is 4.66. The highest BCUT2D eigenvalue weighted by Gasteiger charge is 2.23. The Morgan fingerprint density at radius 3 is 2.52 bits per heavy atom. The van der Waals surface area contributed by atoms with Crippen molar-refractivity contribution in [2.24, 2.45) is 0 Å². The Morgan fingerprint density at radius 2 is 1.81 bits per heavy atom. The first kappa shape index (κ1) is 18.0. The number of nitrogens with one attached hydrogen (secondary N) is 1. The van der Waals surface area contributed by atoms with Gasteiger partial charge in [0, 0.05) is 13.1 Å². The lowest BCUT2D eigenvalue weighted by Crippen LogP contribution is -2.37. The van der Waals surface area contributed by atoms with Gasteiger partial charge in [-0.2, -0.15) is 8.75 Å². The lowest BCUT2D eigenvalue weighted by molar-refractivity contribution is 0.122. The fourth-order valence-corrected chi connectivity index (χ4v) is 4.88. The molecule has 0 saturated carbocycles. The van der Waals surface area contributed by atoms with Crippen molar-refractivity contribution in [2.75, 3.05) is 35.9 Å². The summed E-state index contributed by atoms with van der Waals surface area (Å²) >= 11 is 0.981. The number of sulfonamides is 1. The van der Waals surface area contributed by atoms with Crippen LogP contribution in [-0.2, 0) is 14.8 Å². The van der Waals surface area contributed by atoms with Crippen molar-refractivity contribution in [2.45, 2.75) is 18.7 Å². The molecule has 1 N–H and O–H groups in total. The average Bonchev–Trinajstić information content (AvgIpc) is 3.14. The molecule has 0 unspecified atom stereocenters. The van der Waals surface area contributed by atoms with Crippen LogP contribution in [0.1, 0.15) is 11.4 Å².